The van der Waals surface area contributed by atoms with Gasteiger partial charge in [0, 0.05) is 29.1 Å². The first-order chi connectivity index (χ1) is 13.0. The minimum atomic E-state index is 0.115. The Morgan fingerprint density at radius 2 is 1.96 bits per heavy atom. The van der Waals surface area contributed by atoms with E-state index in [2.05, 4.69) is 20.4 Å². The Balaban J connectivity index is 1.71. The molecule has 2 heterocycles. The summed E-state index contributed by atoms with van der Waals surface area (Å²) in [4.78, 5) is 21.2. The Kier molecular flexibility index (Phi) is 4.48. The number of amides is 1. The number of rotatable bonds is 4. The van der Waals surface area contributed by atoms with Crippen LogP contribution in [0.5, 0.6) is 0 Å². The molecule has 4 rings (SSSR count). The molecule has 0 aliphatic heterocycles. The van der Waals surface area contributed by atoms with Crippen molar-refractivity contribution in [2.45, 2.75) is 40.0 Å². The number of aryl methyl sites for hydroxylation is 3. The Hall–Kier alpha value is -3.02. The second-order valence-electron chi connectivity index (χ2n) is 7.20. The zero-order valence-corrected chi connectivity index (χ0v) is 15.9. The molecule has 27 heavy (non-hydrogen) atoms. The normalized spacial score (nSPS) is 14.0. The summed E-state index contributed by atoms with van der Waals surface area (Å²) < 4.78 is 1.83. The lowest BCUT2D eigenvalue weighted by Crippen LogP contribution is -2.28. The van der Waals surface area contributed by atoms with Crippen molar-refractivity contribution in [3.63, 3.8) is 0 Å². The first kappa shape index (κ1) is 17.4. The first-order valence-electron chi connectivity index (χ1n) is 9.30. The summed E-state index contributed by atoms with van der Waals surface area (Å²) in [6.45, 7) is 5.83. The van der Waals surface area contributed by atoms with Gasteiger partial charge in [-0.2, -0.15) is 5.10 Å². The molecule has 3 aromatic rings. The molecule has 138 valence electrons. The molecule has 0 spiro atoms. The summed E-state index contributed by atoms with van der Waals surface area (Å²) in [7, 11) is 0. The lowest BCUT2D eigenvalue weighted by atomic mass is 9.85. The maximum Gasteiger partial charge on any atom is 0.227 e. The van der Waals surface area contributed by atoms with Crippen LogP contribution < -0.4 is 5.32 Å². The second kappa shape index (κ2) is 6.95. The molecule has 1 amide bonds. The number of nitrogens with one attached hydrogen (secondary N) is 1. The van der Waals surface area contributed by atoms with Gasteiger partial charge in [-0.3, -0.25) is 9.78 Å². The molecule has 6 heteroatoms. The number of nitrogens with zero attached hydrogens (tertiary/aromatic N) is 4. The number of pyridine rings is 1. The first-order valence-corrected chi connectivity index (χ1v) is 9.30. The van der Waals surface area contributed by atoms with Crippen LogP contribution in [0, 0.1) is 26.7 Å². The number of carbonyl (C=O) groups excluding carboxylic acids is 1. The molecule has 1 fully saturated rings. The molecule has 6 nitrogen and oxygen atoms in total. The highest BCUT2D eigenvalue weighted by Gasteiger charge is 2.25. The second-order valence-corrected chi connectivity index (χ2v) is 7.20. The molecule has 1 aromatic carbocycles. The van der Waals surface area contributed by atoms with Crippen LogP contribution in [0.25, 0.3) is 17.1 Å². The molecule has 1 N–H and O–H groups in total. The summed E-state index contributed by atoms with van der Waals surface area (Å²) in [5.74, 6) is 1.71. The fourth-order valence-electron chi connectivity index (χ4n) is 3.25. The molecule has 1 aliphatic rings. The molecule has 0 saturated heterocycles. The lowest BCUT2D eigenvalue weighted by molar-refractivity contribution is -0.122. The van der Waals surface area contributed by atoms with Crippen LogP contribution in [0.2, 0.25) is 0 Å². The molecule has 1 aliphatic carbocycles. The Labute approximate surface area is 158 Å². The van der Waals surface area contributed by atoms with E-state index < -0.39 is 0 Å². The van der Waals surface area contributed by atoms with Crippen LogP contribution in [0.4, 0.5) is 5.69 Å². The van der Waals surface area contributed by atoms with Gasteiger partial charge in [-0.15, -0.1) is 0 Å². The van der Waals surface area contributed by atoms with Crippen molar-refractivity contribution in [2.75, 3.05) is 5.32 Å². The topological polar surface area (TPSA) is 72.7 Å². The molecular formula is C21H23N5O. The van der Waals surface area contributed by atoms with Crippen molar-refractivity contribution in [1.82, 2.24) is 19.7 Å². The third-order valence-electron chi connectivity index (χ3n) is 5.07. The van der Waals surface area contributed by atoms with Crippen molar-refractivity contribution >= 4 is 11.6 Å². The SMILES string of the molecule is Cc1cc(-n2nc(C)nc2-c2ccc(C)c(NC(=O)C3CCC3)c2)ccn1. The number of hydrogen-bond acceptors (Lipinski definition) is 4. The molecule has 0 radical (unpaired) electrons. The highest BCUT2D eigenvalue weighted by molar-refractivity contribution is 5.94. The molecule has 0 bridgehead atoms. The van der Waals surface area contributed by atoms with Crippen molar-refractivity contribution in [1.29, 1.82) is 0 Å². The quantitative estimate of drug-likeness (QED) is 0.762. The van der Waals surface area contributed by atoms with Crippen LogP contribution in [0.15, 0.2) is 36.5 Å². The molecule has 1 saturated carbocycles. The van der Waals surface area contributed by atoms with Crippen LogP contribution in [0.3, 0.4) is 0 Å². The monoisotopic (exact) mass is 361 g/mol. The predicted octanol–water partition coefficient (Wildman–Crippen LogP) is 3.99. The van der Waals surface area contributed by atoms with Gasteiger partial charge in [0.05, 0.1) is 5.69 Å². The smallest absolute Gasteiger partial charge is 0.227 e. The van der Waals surface area contributed by atoms with E-state index in [1.807, 2.05) is 55.8 Å². The maximum atomic E-state index is 12.4. The molecule has 0 unspecified atom stereocenters. The molecule has 2 aromatic heterocycles. The van der Waals surface area contributed by atoms with E-state index in [0.717, 1.165) is 53.3 Å². The van der Waals surface area contributed by atoms with Gasteiger partial charge >= 0.3 is 0 Å². The third-order valence-corrected chi connectivity index (χ3v) is 5.07. The lowest BCUT2D eigenvalue weighted by Gasteiger charge is -2.24. The average Bonchev–Trinajstić information content (AvgIpc) is 2.97. The van der Waals surface area contributed by atoms with Crippen LogP contribution in [-0.2, 0) is 4.79 Å². The van der Waals surface area contributed by atoms with Crippen molar-refractivity contribution in [3.8, 4) is 17.1 Å². The summed E-state index contributed by atoms with van der Waals surface area (Å²) in [6.07, 6.45) is 4.88. The van der Waals surface area contributed by atoms with Gasteiger partial charge in [-0.25, -0.2) is 9.67 Å². The van der Waals surface area contributed by atoms with Gasteiger partial charge in [0.25, 0.3) is 0 Å². The van der Waals surface area contributed by atoms with Gasteiger partial charge in [-0.05, 0) is 57.4 Å². The Morgan fingerprint density at radius 3 is 2.67 bits per heavy atom. The van der Waals surface area contributed by atoms with E-state index in [1.54, 1.807) is 6.20 Å². The van der Waals surface area contributed by atoms with Crippen molar-refractivity contribution in [2.24, 2.45) is 5.92 Å². The fraction of sp³-hybridized carbons (Fsp3) is 0.333. The summed E-state index contributed by atoms with van der Waals surface area (Å²) in [5.41, 5.74) is 4.62. The fourth-order valence-corrected chi connectivity index (χ4v) is 3.25. The van der Waals surface area contributed by atoms with Gasteiger partial charge in [0.2, 0.25) is 5.91 Å². The van der Waals surface area contributed by atoms with Crippen LogP contribution in [0.1, 0.15) is 36.3 Å². The Bertz CT molecular complexity index is 1000. The highest BCUT2D eigenvalue weighted by atomic mass is 16.1. The van der Waals surface area contributed by atoms with Gasteiger partial charge < -0.3 is 5.32 Å². The van der Waals surface area contributed by atoms with Gasteiger partial charge in [0.1, 0.15) is 5.82 Å². The third kappa shape index (κ3) is 3.47. The number of aromatic nitrogens is 4. The summed E-state index contributed by atoms with van der Waals surface area (Å²) in [5, 5.41) is 7.64. The van der Waals surface area contributed by atoms with Gasteiger partial charge in [-0.1, -0.05) is 18.6 Å². The van der Waals surface area contributed by atoms with Crippen LogP contribution in [-0.4, -0.2) is 25.7 Å². The van der Waals surface area contributed by atoms with Gasteiger partial charge in [0.15, 0.2) is 5.82 Å². The summed E-state index contributed by atoms with van der Waals surface area (Å²) >= 11 is 0. The van der Waals surface area contributed by atoms with E-state index in [4.69, 9.17) is 0 Å². The minimum Gasteiger partial charge on any atom is -0.326 e. The summed E-state index contributed by atoms with van der Waals surface area (Å²) in [6, 6.07) is 9.91. The maximum absolute atomic E-state index is 12.4. The number of benzene rings is 1. The van der Waals surface area contributed by atoms with Crippen LogP contribution >= 0.6 is 0 Å². The van der Waals surface area contributed by atoms with Crippen molar-refractivity contribution in [3.05, 3.63) is 53.6 Å². The molecular weight excluding hydrogens is 338 g/mol. The van der Waals surface area contributed by atoms with E-state index in [-0.39, 0.29) is 11.8 Å². The standard InChI is InChI=1S/C21H23N5O/c1-13-7-8-17(12-19(13)24-21(27)16-5-4-6-16)20-23-15(3)25-26(20)18-9-10-22-14(2)11-18/h7-12,16H,4-6H2,1-3H3,(H,24,27). The number of carbonyl (C=O) groups is 1. The van der Waals surface area contributed by atoms with E-state index >= 15 is 0 Å². The Morgan fingerprint density at radius 1 is 1.15 bits per heavy atom. The minimum absolute atomic E-state index is 0.115. The predicted molar refractivity (Wildman–Crippen MR) is 105 cm³/mol. The van der Waals surface area contributed by atoms with E-state index in [9.17, 15) is 4.79 Å². The van der Waals surface area contributed by atoms with Crippen molar-refractivity contribution < 1.29 is 4.79 Å². The zero-order chi connectivity index (χ0) is 19.0. The zero-order valence-electron chi connectivity index (χ0n) is 15.9. The average molecular weight is 361 g/mol. The highest BCUT2D eigenvalue weighted by Crippen LogP contribution is 2.30. The molecule has 0 atom stereocenters. The largest absolute Gasteiger partial charge is 0.326 e. The van der Waals surface area contributed by atoms with E-state index in [0.29, 0.717) is 5.82 Å². The van der Waals surface area contributed by atoms with E-state index in [1.165, 1.54) is 0 Å². The number of anilines is 1. The number of hydrogen-bond donors (Lipinski definition) is 1.